The zero-order valence-electron chi connectivity index (χ0n) is 12.4. The highest BCUT2D eigenvalue weighted by Crippen LogP contribution is 2.21. The Morgan fingerprint density at radius 3 is 2.63 bits per heavy atom. The number of unbranched alkanes of at least 4 members (excludes halogenated alkanes) is 1. The Balaban J connectivity index is 2.69. The van der Waals surface area contributed by atoms with E-state index in [0.717, 1.165) is 36.2 Å². The van der Waals surface area contributed by atoms with Crippen molar-refractivity contribution in [2.45, 2.75) is 39.2 Å². The van der Waals surface area contributed by atoms with Crippen molar-refractivity contribution < 1.29 is 4.79 Å². The standard InChI is InChI=1S/C15H25N3O/c1-5-6-7-13(16)15(19)17-14-9-8-12(18(3)4)10-11(14)2/h8-10,13H,5-7,16H2,1-4H3,(H,17,19). The first-order valence-corrected chi connectivity index (χ1v) is 6.80. The molecule has 0 aliphatic carbocycles. The third kappa shape index (κ3) is 4.56. The Labute approximate surface area is 116 Å². The third-order valence-electron chi connectivity index (χ3n) is 3.19. The predicted octanol–water partition coefficient (Wildman–Crippen LogP) is 2.52. The van der Waals surface area contributed by atoms with E-state index in [4.69, 9.17) is 5.73 Å². The summed E-state index contributed by atoms with van der Waals surface area (Å²) in [5, 5.41) is 2.90. The molecule has 4 nitrogen and oxygen atoms in total. The Bertz CT molecular complexity index is 429. The van der Waals surface area contributed by atoms with Crippen LogP contribution in [-0.2, 0) is 4.79 Å². The second-order valence-electron chi connectivity index (χ2n) is 5.13. The number of amides is 1. The molecule has 1 aromatic carbocycles. The van der Waals surface area contributed by atoms with E-state index in [9.17, 15) is 4.79 Å². The SMILES string of the molecule is CCCCC(N)C(=O)Nc1ccc(N(C)C)cc1C. The van der Waals surface area contributed by atoms with Crippen LogP contribution < -0.4 is 16.0 Å². The summed E-state index contributed by atoms with van der Waals surface area (Å²) >= 11 is 0. The molecule has 1 rings (SSSR count). The molecule has 0 aliphatic heterocycles. The van der Waals surface area contributed by atoms with E-state index in [-0.39, 0.29) is 5.91 Å². The lowest BCUT2D eigenvalue weighted by molar-refractivity contribution is -0.117. The van der Waals surface area contributed by atoms with Gasteiger partial charge in [0.15, 0.2) is 0 Å². The first-order valence-electron chi connectivity index (χ1n) is 6.80. The summed E-state index contributed by atoms with van der Waals surface area (Å²) in [5.74, 6) is -0.103. The van der Waals surface area contributed by atoms with E-state index in [1.54, 1.807) is 0 Å². The van der Waals surface area contributed by atoms with Gasteiger partial charge in [-0.3, -0.25) is 4.79 Å². The normalized spacial score (nSPS) is 12.1. The maximum absolute atomic E-state index is 11.9. The van der Waals surface area contributed by atoms with Gasteiger partial charge >= 0.3 is 0 Å². The molecule has 0 saturated carbocycles. The largest absolute Gasteiger partial charge is 0.378 e. The Morgan fingerprint density at radius 1 is 1.42 bits per heavy atom. The van der Waals surface area contributed by atoms with Crippen LogP contribution in [0.15, 0.2) is 18.2 Å². The van der Waals surface area contributed by atoms with Crippen LogP contribution >= 0.6 is 0 Å². The van der Waals surface area contributed by atoms with Gasteiger partial charge < -0.3 is 16.0 Å². The van der Waals surface area contributed by atoms with Gasteiger partial charge in [0.1, 0.15) is 0 Å². The summed E-state index contributed by atoms with van der Waals surface area (Å²) in [4.78, 5) is 14.0. The molecule has 19 heavy (non-hydrogen) atoms. The monoisotopic (exact) mass is 263 g/mol. The van der Waals surface area contributed by atoms with Crippen molar-refractivity contribution in [2.75, 3.05) is 24.3 Å². The van der Waals surface area contributed by atoms with E-state index in [1.165, 1.54) is 0 Å². The topological polar surface area (TPSA) is 58.4 Å². The molecule has 3 N–H and O–H groups in total. The molecule has 1 aromatic rings. The molecule has 1 unspecified atom stereocenters. The first-order chi connectivity index (χ1) is 8.95. The quantitative estimate of drug-likeness (QED) is 0.829. The third-order valence-corrected chi connectivity index (χ3v) is 3.19. The number of hydrogen-bond donors (Lipinski definition) is 2. The summed E-state index contributed by atoms with van der Waals surface area (Å²) in [5.41, 5.74) is 8.85. The number of benzene rings is 1. The van der Waals surface area contributed by atoms with Crippen LogP contribution in [0.3, 0.4) is 0 Å². The van der Waals surface area contributed by atoms with E-state index < -0.39 is 6.04 Å². The van der Waals surface area contributed by atoms with Crippen molar-refractivity contribution in [3.05, 3.63) is 23.8 Å². The minimum Gasteiger partial charge on any atom is -0.378 e. The van der Waals surface area contributed by atoms with Crippen molar-refractivity contribution in [3.63, 3.8) is 0 Å². The summed E-state index contributed by atoms with van der Waals surface area (Å²) in [6.45, 7) is 4.08. The van der Waals surface area contributed by atoms with Crippen LogP contribution in [0.1, 0.15) is 31.7 Å². The van der Waals surface area contributed by atoms with Gasteiger partial charge in [-0.25, -0.2) is 0 Å². The number of carbonyl (C=O) groups is 1. The second-order valence-corrected chi connectivity index (χ2v) is 5.13. The Morgan fingerprint density at radius 2 is 2.11 bits per heavy atom. The maximum atomic E-state index is 11.9. The number of aryl methyl sites for hydroxylation is 1. The molecule has 0 heterocycles. The van der Waals surface area contributed by atoms with Crippen molar-refractivity contribution in [3.8, 4) is 0 Å². The number of nitrogens with two attached hydrogens (primary N) is 1. The molecule has 0 radical (unpaired) electrons. The highest BCUT2D eigenvalue weighted by Gasteiger charge is 2.13. The molecule has 0 aromatic heterocycles. The molecule has 0 aliphatic rings. The van der Waals surface area contributed by atoms with E-state index >= 15 is 0 Å². The first kappa shape index (κ1) is 15.5. The van der Waals surface area contributed by atoms with Gasteiger partial charge in [0.05, 0.1) is 6.04 Å². The maximum Gasteiger partial charge on any atom is 0.241 e. The van der Waals surface area contributed by atoms with Gasteiger partial charge in [-0.1, -0.05) is 19.8 Å². The number of anilines is 2. The molecule has 0 spiro atoms. The fourth-order valence-corrected chi connectivity index (χ4v) is 1.85. The van der Waals surface area contributed by atoms with Gasteiger partial charge in [-0.2, -0.15) is 0 Å². The molecular weight excluding hydrogens is 238 g/mol. The minimum atomic E-state index is -0.423. The van der Waals surface area contributed by atoms with Crippen molar-refractivity contribution in [1.82, 2.24) is 0 Å². The molecule has 106 valence electrons. The van der Waals surface area contributed by atoms with Gasteiger partial charge in [0.2, 0.25) is 5.91 Å². The van der Waals surface area contributed by atoms with Crippen LogP contribution in [0.4, 0.5) is 11.4 Å². The van der Waals surface area contributed by atoms with Crippen LogP contribution in [0.25, 0.3) is 0 Å². The lowest BCUT2D eigenvalue weighted by Gasteiger charge is -2.17. The van der Waals surface area contributed by atoms with Crippen molar-refractivity contribution in [2.24, 2.45) is 5.73 Å². The molecule has 1 amide bonds. The highest BCUT2D eigenvalue weighted by atomic mass is 16.2. The molecule has 0 bridgehead atoms. The number of hydrogen-bond acceptors (Lipinski definition) is 3. The van der Waals surface area contributed by atoms with E-state index in [2.05, 4.69) is 12.2 Å². The summed E-state index contributed by atoms with van der Waals surface area (Å²) in [6.07, 6.45) is 2.77. The average molecular weight is 263 g/mol. The zero-order chi connectivity index (χ0) is 14.4. The Kier molecular flexibility index (Phi) is 5.83. The predicted molar refractivity (Wildman–Crippen MR) is 81.6 cm³/mol. The van der Waals surface area contributed by atoms with Gasteiger partial charge in [0, 0.05) is 25.5 Å². The van der Waals surface area contributed by atoms with Crippen molar-refractivity contribution in [1.29, 1.82) is 0 Å². The summed E-state index contributed by atoms with van der Waals surface area (Å²) in [7, 11) is 3.99. The van der Waals surface area contributed by atoms with Crippen LogP contribution in [0.2, 0.25) is 0 Å². The molecule has 4 heteroatoms. The minimum absolute atomic E-state index is 0.103. The number of rotatable bonds is 6. The fraction of sp³-hybridized carbons (Fsp3) is 0.533. The second kappa shape index (κ2) is 7.14. The lowest BCUT2D eigenvalue weighted by Crippen LogP contribution is -2.35. The molecule has 1 atom stereocenters. The molecule has 0 saturated heterocycles. The smallest absolute Gasteiger partial charge is 0.241 e. The van der Waals surface area contributed by atoms with Crippen LogP contribution in [0.5, 0.6) is 0 Å². The highest BCUT2D eigenvalue weighted by molar-refractivity contribution is 5.95. The van der Waals surface area contributed by atoms with Gasteiger partial charge in [0.25, 0.3) is 0 Å². The number of nitrogens with zero attached hydrogens (tertiary/aromatic N) is 1. The van der Waals surface area contributed by atoms with Gasteiger partial charge in [-0.15, -0.1) is 0 Å². The molecular formula is C15H25N3O. The number of carbonyl (C=O) groups excluding carboxylic acids is 1. The van der Waals surface area contributed by atoms with Crippen LogP contribution in [0, 0.1) is 6.92 Å². The summed E-state index contributed by atoms with van der Waals surface area (Å²) in [6, 6.07) is 5.54. The summed E-state index contributed by atoms with van der Waals surface area (Å²) < 4.78 is 0. The Hall–Kier alpha value is -1.55. The van der Waals surface area contributed by atoms with Gasteiger partial charge in [-0.05, 0) is 37.1 Å². The molecule has 0 fully saturated rings. The van der Waals surface area contributed by atoms with E-state index in [1.807, 2.05) is 44.1 Å². The van der Waals surface area contributed by atoms with E-state index in [0.29, 0.717) is 0 Å². The average Bonchev–Trinajstić information content (AvgIpc) is 2.37. The lowest BCUT2D eigenvalue weighted by atomic mass is 10.1. The number of nitrogens with one attached hydrogen (secondary N) is 1. The zero-order valence-corrected chi connectivity index (χ0v) is 12.4. The van der Waals surface area contributed by atoms with Crippen molar-refractivity contribution >= 4 is 17.3 Å². The van der Waals surface area contributed by atoms with Crippen LogP contribution in [-0.4, -0.2) is 26.0 Å². The fourth-order valence-electron chi connectivity index (χ4n) is 1.85.